The highest BCUT2D eigenvalue weighted by molar-refractivity contribution is 5.89. The molecule has 5 nitrogen and oxygen atoms in total. The van der Waals surface area contributed by atoms with Crippen LogP contribution in [0.4, 0.5) is 0 Å². The first kappa shape index (κ1) is 20.3. The standard InChI is InChI=1S/C26H29NO4/c1-17-13-20(15-21(14-17)25(29)30)18-4-6-19(7-5-18)22-16-26(22)8-10-27(11-9-26)24(28)23-3-2-12-31-23/h4-7,13-15,22-23H,2-3,8-12,16H2,1H3,(H,29,30)/t22-,23?/m1/s1. The smallest absolute Gasteiger partial charge is 0.335 e. The zero-order valence-corrected chi connectivity index (χ0v) is 18.0. The Balaban J connectivity index is 1.24. The number of piperidine rings is 1. The molecular formula is C26H29NO4. The number of hydrogen-bond donors (Lipinski definition) is 1. The van der Waals surface area contributed by atoms with Crippen molar-refractivity contribution in [3.05, 3.63) is 59.2 Å². The first-order valence-electron chi connectivity index (χ1n) is 11.3. The molecule has 0 aromatic heterocycles. The van der Waals surface area contributed by atoms with Crippen molar-refractivity contribution < 1.29 is 19.4 Å². The van der Waals surface area contributed by atoms with Crippen LogP contribution in [0.1, 0.15) is 59.5 Å². The lowest BCUT2D eigenvalue weighted by Crippen LogP contribution is -2.44. The van der Waals surface area contributed by atoms with Gasteiger partial charge in [-0.2, -0.15) is 0 Å². The molecule has 0 radical (unpaired) electrons. The van der Waals surface area contributed by atoms with Crippen LogP contribution in [-0.2, 0) is 9.53 Å². The zero-order valence-electron chi connectivity index (χ0n) is 18.0. The van der Waals surface area contributed by atoms with Crippen LogP contribution in [0, 0.1) is 12.3 Å². The number of hydrogen-bond acceptors (Lipinski definition) is 3. The number of carbonyl (C=O) groups is 2. The van der Waals surface area contributed by atoms with Crippen LogP contribution < -0.4 is 0 Å². The molecule has 162 valence electrons. The van der Waals surface area contributed by atoms with Crippen molar-refractivity contribution in [1.82, 2.24) is 4.90 Å². The summed E-state index contributed by atoms with van der Waals surface area (Å²) in [5.41, 5.74) is 4.95. The van der Waals surface area contributed by atoms with Gasteiger partial charge in [0.15, 0.2) is 0 Å². The van der Waals surface area contributed by atoms with Crippen molar-refractivity contribution >= 4 is 11.9 Å². The summed E-state index contributed by atoms with van der Waals surface area (Å²) in [6.07, 6.45) is 4.98. The van der Waals surface area contributed by atoms with Crippen LogP contribution in [-0.4, -0.2) is 47.7 Å². The third-order valence-electron chi connectivity index (χ3n) is 7.44. The van der Waals surface area contributed by atoms with Crippen molar-refractivity contribution in [2.75, 3.05) is 19.7 Å². The Morgan fingerprint density at radius 3 is 2.45 bits per heavy atom. The van der Waals surface area contributed by atoms with Gasteiger partial charge in [0, 0.05) is 19.7 Å². The number of likely N-dealkylation sites (tertiary alicyclic amines) is 1. The van der Waals surface area contributed by atoms with Gasteiger partial charge in [0.1, 0.15) is 6.10 Å². The molecule has 3 fully saturated rings. The Morgan fingerprint density at radius 1 is 1.06 bits per heavy atom. The SMILES string of the molecule is Cc1cc(C(=O)O)cc(-c2ccc([C@H]3CC34CCN(C(=O)C3CCCO3)CC4)cc2)c1. The molecule has 1 spiro atoms. The minimum atomic E-state index is -0.897. The third kappa shape index (κ3) is 3.87. The average molecular weight is 420 g/mol. The largest absolute Gasteiger partial charge is 0.478 e. The Hall–Kier alpha value is -2.66. The maximum Gasteiger partial charge on any atom is 0.335 e. The normalized spacial score (nSPS) is 24.4. The van der Waals surface area contributed by atoms with Crippen LogP contribution in [0.3, 0.4) is 0 Å². The summed E-state index contributed by atoms with van der Waals surface area (Å²) in [5.74, 6) is -0.146. The summed E-state index contributed by atoms with van der Waals surface area (Å²) in [6.45, 7) is 4.32. The number of carboxylic acid groups (broad SMARTS) is 1. The molecule has 5 rings (SSSR count). The van der Waals surface area contributed by atoms with E-state index in [-0.39, 0.29) is 12.0 Å². The van der Waals surface area contributed by atoms with Gasteiger partial charge in [0.2, 0.25) is 0 Å². The fraction of sp³-hybridized carbons (Fsp3) is 0.462. The number of amides is 1. The molecule has 2 aromatic rings. The van der Waals surface area contributed by atoms with Gasteiger partial charge in [-0.15, -0.1) is 0 Å². The molecule has 1 amide bonds. The van der Waals surface area contributed by atoms with E-state index < -0.39 is 5.97 Å². The Morgan fingerprint density at radius 2 is 1.81 bits per heavy atom. The summed E-state index contributed by atoms with van der Waals surface area (Å²) in [5, 5.41) is 9.33. The molecule has 2 aliphatic heterocycles. The molecule has 5 heteroatoms. The van der Waals surface area contributed by atoms with Crippen molar-refractivity contribution in [2.24, 2.45) is 5.41 Å². The first-order valence-corrected chi connectivity index (χ1v) is 11.3. The maximum atomic E-state index is 12.6. The molecule has 31 heavy (non-hydrogen) atoms. The quantitative estimate of drug-likeness (QED) is 0.784. The molecule has 2 saturated heterocycles. The topological polar surface area (TPSA) is 66.8 Å². The van der Waals surface area contributed by atoms with Gasteiger partial charge >= 0.3 is 5.97 Å². The first-order chi connectivity index (χ1) is 14.9. The molecular weight excluding hydrogens is 390 g/mol. The molecule has 1 N–H and O–H groups in total. The highest BCUT2D eigenvalue weighted by atomic mass is 16.5. The number of rotatable bonds is 4. The highest BCUT2D eigenvalue weighted by Gasteiger charge is 2.55. The summed E-state index contributed by atoms with van der Waals surface area (Å²) in [4.78, 5) is 26.0. The Kier molecular flexibility index (Phi) is 5.09. The average Bonchev–Trinajstić information content (AvgIpc) is 3.20. The zero-order chi connectivity index (χ0) is 21.6. The van der Waals surface area contributed by atoms with Crippen LogP contribution in [0.2, 0.25) is 0 Å². The molecule has 1 aliphatic carbocycles. The minimum Gasteiger partial charge on any atom is -0.478 e. The van der Waals surface area contributed by atoms with Gasteiger partial charge in [-0.25, -0.2) is 4.79 Å². The highest BCUT2D eigenvalue weighted by Crippen LogP contribution is 2.65. The number of ether oxygens (including phenoxy) is 1. The summed E-state index contributed by atoms with van der Waals surface area (Å²) in [6, 6.07) is 14.1. The Labute approximate surface area is 183 Å². The summed E-state index contributed by atoms with van der Waals surface area (Å²) < 4.78 is 5.58. The third-order valence-corrected chi connectivity index (χ3v) is 7.44. The second-order valence-corrected chi connectivity index (χ2v) is 9.46. The van der Waals surface area contributed by atoms with Crippen LogP contribution in [0.5, 0.6) is 0 Å². The van der Waals surface area contributed by atoms with Crippen molar-refractivity contribution in [3.63, 3.8) is 0 Å². The molecule has 3 aliphatic rings. The van der Waals surface area contributed by atoms with E-state index in [1.54, 1.807) is 12.1 Å². The van der Waals surface area contributed by atoms with E-state index in [0.29, 0.717) is 23.5 Å². The van der Waals surface area contributed by atoms with Crippen molar-refractivity contribution in [1.29, 1.82) is 0 Å². The number of benzene rings is 2. The molecule has 1 saturated carbocycles. The molecule has 2 heterocycles. The van der Waals surface area contributed by atoms with Crippen molar-refractivity contribution in [2.45, 2.75) is 51.0 Å². The number of aryl methyl sites for hydroxylation is 1. The van der Waals surface area contributed by atoms with E-state index in [1.165, 1.54) is 12.0 Å². The predicted molar refractivity (Wildman–Crippen MR) is 118 cm³/mol. The van der Waals surface area contributed by atoms with Gasteiger partial charge in [-0.3, -0.25) is 4.79 Å². The van der Waals surface area contributed by atoms with Gasteiger partial charge < -0.3 is 14.7 Å². The molecule has 0 bridgehead atoms. The van der Waals surface area contributed by atoms with Crippen molar-refractivity contribution in [3.8, 4) is 11.1 Å². The van der Waals surface area contributed by atoms with Gasteiger partial charge in [0.25, 0.3) is 5.91 Å². The lowest BCUT2D eigenvalue weighted by atomic mass is 9.88. The van der Waals surface area contributed by atoms with E-state index in [4.69, 9.17) is 4.74 Å². The lowest BCUT2D eigenvalue weighted by molar-refractivity contribution is -0.142. The molecule has 1 unspecified atom stereocenters. The van der Waals surface area contributed by atoms with E-state index in [0.717, 1.165) is 55.5 Å². The summed E-state index contributed by atoms with van der Waals surface area (Å²) in [7, 11) is 0. The Bertz CT molecular complexity index is 999. The van der Waals surface area contributed by atoms with E-state index >= 15 is 0 Å². The lowest BCUT2D eigenvalue weighted by Gasteiger charge is -2.34. The number of carbonyl (C=O) groups excluding carboxylic acids is 1. The monoisotopic (exact) mass is 419 g/mol. The summed E-state index contributed by atoms with van der Waals surface area (Å²) >= 11 is 0. The fourth-order valence-electron chi connectivity index (χ4n) is 5.50. The number of nitrogens with zero attached hydrogens (tertiary/aromatic N) is 1. The van der Waals surface area contributed by atoms with Gasteiger partial charge in [-0.05, 0) is 84.7 Å². The predicted octanol–water partition coefficient (Wildman–Crippen LogP) is 4.64. The van der Waals surface area contributed by atoms with Crippen LogP contribution in [0.25, 0.3) is 11.1 Å². The van der Waals surface area contributed by atoms with Gasteiger partial charge in [0.05, 0.1) is 5.56 Å². The number of aromatic carboxylic acids is 1. The van der Waals surface area contributed by atoms with E-state index in [9.17, 15) is 14.7 Å². The van der Waals surface area contributed by atoms with Gasteiger partial charge in [-0.1, -0.05) is 30.3 Å². The molecule has 2 aromatic carbocycles. The van der Waals surface area contributed by atoms with Crippen LogP contribution >= 0.6 is 0 Å². The fourth-order valence-corrected chi connectivity index (χ4v) is 5.50. The number of carboxylic acids is 1. The maximum absolute atomic E-state index is 12.6. The molecule has 2 atom stereocenters. The van der Waals surface area contributed by atoms with E-state index in [1.807, 2.05) is 17.9 Å². The van der Waals surface area contributed by atoms with E-state index in [2.05, 4.69) is 24.3 Å². The second kappa shape index (κ2) is 7.79. The van der Waals surface area contributed by atoms with Crippen LogP contribution in [0.15, 0.2) is 42.5 Å². The second-order valence-electron chi connectivity index (χ2n) is 9.46. The minimum absolute atomic E-state index is 0.188.